The van der Waals surface area contributed by atoms with Crippen molar-refractivity contribution in [2.75, 3.05) is 13.1 Å². The van der Waals surface area contributed by atoms with Crippen LogP contribution in [-0.4, -0.2) is 73.9 Å². The number of nitrogens with zero attached hydrogens (tertiary/aromatic N) is 2. The zero-order chi connectivity index (χ0) is 30.8. The van der Waals surface area contributed by atoms with Crippen molar-refractivity contribution in [1.82, 2.24) is 9.80 Å². The largest absolute Gasteiger partial charge is 0.390 e. The molecule has 242 valence electrons. The Balaban J connectivity index is 1.48. The number of benzene rings is 1. The molecule has 7 heteroatoms. The van der Waals surface area contributed by atoms with Gasteiger partial charge in [0.25, 0.3) is 0 Å². The first-order valence-electron chi connectivity index (χ1n) is 17.3. The van der Waals surface area contributed by atoms with Gasteiger partial charge in [-0.2, -0.15) is 0 Å². The fourth-order valence-corrected chi connectivity index (χ4v) is 7.37. The molecule has 1 aromatic carbocycles. The third-order valence-corrected chi connectivity index (χ3v) is 10.1. The van der Waals surface area contributed by atoms with Crippen molar-refractivity contribution < 1.29 is 24.9 Å². The number of carbonyl (C=O) groups excluding carboxylic acids is 2. The number of carbonyl (C=O) groups is 2. The summed E-state index contributed by atoms with van der Waals surface area (Å²) in [6, 6.07) is 9.41. The molecule has 43 heavy (non-hydrogen) atoms. The number of aliphatic hydroxyl groups is 3. The summed E-state index contributed by atoms with van der Waals surface area (Å²) in [5.41, 5.74) is 0.124. The Morgan fingerprint density at radius 1 is 0.860 bits per heavy atom. The average molecular weight is 599 g/mol. The van der Waals surface area contributed by atoms with Gasteiger partial charge in [-0.3, -0.25) is 9.59 Å². The Morgan fingerprint density at radius 3 is 2.12 bits per heavy atom. The molecule has 1 aromatic rings. The van der Waals surface area contributed by atoms with Crippen molar-refractivity contribution in [2.24, 2.45) is 17.8 Å². The van der Waals surface area contributed by atoms with Crippen molar-refractivity contribution in [2.45, 2.75) is 147 Å². The van der Waals surface area contributed by atoms with Crippen LogP contribution in [0.2, 0.25) is 0 Å². The summed E-state index contributed by atoms with van der Waals surface area (Å²) in [6.07, 6.45) is 11.8. The van der Waals surface area contributed by atoms with Gasteiger partial charge in [-0.25, -0.2) is 0 Å². The highest BCUT2D eigenvalue weighted by Gasteiger charge is 2.39. The summed E-state index contributed by atoms with van der Waals surface area (Å²) < 4.78 is 0. The second kappa shape index (κ2) is 16.4. The molecule has 3 aliphatic rings. The predicted octanol–water partition coefficient (Wildman–Crippen LogP) is 5.84. The number of hydrogen-bond acceptors (Lipinski definition) is 5. The van der Waals surface area contributed by atoms with Gasteiger partial charge in [0.05, 0.1) is 17.7 Å². The van der Waals surface area contributed by atoms with Crippen LogP contribution in [0.4, 0.5) is 0 Å². The first-order valence-corrected chi connectivity index (χ1v) is 17.3. The molecule has 2 amide bonds. The zero-order valence-electron chi connectivity index (χ0n) is 26.8. The molecule has 0 aromatic heterocycles. The highest BCUT2D eigenvalue weighted by atomic mass is 16.3. The summed E-state index contributed by atoms with van der Waals surface area (Å²) in [4.78, 5) is 31.3. The minimum Gasteiger partial charge on any atom is -0.390 e. The van der Waals surface area contributed by atoms with Crippen molar-refractivity contribution in [3.63, 3.8) is 0 Å². The van der Waals surface area contributed by atoms with Gasteiger partial charge < -0.3 is 25.1 Å². The molecule has 3 aliphatic carbocycles. The highest BCUT2D eigenvalue weighted by molar-refractivity contribution is 5.84. The molecular formula is C36H58N2O5. The van der Waals surface area contributed by atoms with Crippen LogP contribution < -0.4 is 0 Å². The van der Waals surface area contributed by atoms with E-state index in [0.717, 1.165) is 50.5 Å². The third kappa shape index (κ3) is 10.9. The molecule has 3 saturated carbocycles. The fraction of sp³-hybridized carbons (Fsp3) is 0.778. The summed E-state index contributed by atoms with van der Waals surface area (Å²) in [5.74, 6) is 0.880. The van der Waals surface area contributed by atoms with E-state index in [4.69, 9.17) is 0 Å². The first kappa shape index (κ1) is 33.9. The van der Waals surface area contributed by atoms with Gasteiger partial charge in [0, 0.05) is 32.5 Å². The van der Waals surface area contributed by atoms with Crippen LogP contribution >= 0.6 is 0 Å². The molecular weight excluding hydrogens is 540 g/mol. The van der Waals surface area contributed by atoms with Crippen LogP contribution in [0.15, 0.2) is 30.3 Å². The highest BCUT2D eigenvalue weighted by Crippen LogP contribution is 2.35. The van der Waals surface area contributed by atoms with Gasteiger partial charge in [0.15, 0.2) is 0 Å². The van der Waals surface area contributed by atoms with Crippen LogP contribution in [0.25, 0.3) is 0 Å². The minimum atomic E-state index is -1.00. The number of aliphatic hydroxyl groups excluding tert-OH is 2. The van der Waals surface area contributed by atoms with Gasteiger partial charge in [-0.1, -0.05) is 95.5 Å². The van der Waals surface area contributed by atoms with E-state index in [1.165, 1.54) is 19.3 Å². The van der Waals surface area contributed by atoms with E-state index in [9.17, 15) is 24.9 Å². The van der Waals surface area contributed by atoms with Crippen LogP contribution in [0, 0.1) is 17.8 Å². The molecule has 0 unspecified atom stereocenters. The molecule has 0 spiro atoms. The second-order valence-corrected chi connectivity index (χ2v) is 14.5. The Morgan fingerprint density at radius 2 is 1.49 bits per heavy atom. The standard InChI is InChI=1S/C36H58N2O5/c1-27(2)22-32(39)35(42)31(23-28-12-6-3-7-13-28)38(25-30-16-17-30)34(41)19-18-33(40)37(24-29-14-8-4-9-15-29)26-36(43)20-10-5-11-21-36/h4,8-9,14-15,27-28,30-32,35,39,42-43H,3,5-7,10-13,16-26H2,1-2H3/t31-,32-,35+/m0/s1. The average Bonchev–Trinajstić information content (AvgIpc) is 3.82. The SMILES string of the molecule is CC(C)C[C@H](O)[C@H](O)[C@H](CC1CCCCC1)N(CC1CC1)C(=O)CCC(=O)N(Cc1ccccc1)CC1(O)CCCCC1. The van der Waals surface area contributed by atoms with E-state index in [0.29, 0.717) is 50.6 Å². The molecule has 0 radical (unpaired) electrons. The van der Waals surface area contributed by atoms with E-state index in [2.05, 4.69) is 0 Å². The van der Waals surface area contributed by atoms with Gasteiger partial charge in [-0.05, 0) is 61.8 Å². The van der Waals surface area contributed by atoms with Gasteiger partial charge in [0.1, 0.15) is 6.10 Å². The van der Waals surface area contributed by atoms with E-state index in [-0.39, 0.29) is 37.1 Å². The molecule has 3 fully saturated rings. The first-order chi connectivity index (χ1) is 20.6. The topological polar surface area (TPSA) is 101 Å². The summed E-state index contributed by atoms with van der Waals surface area (Å²) in [5, 5.41) is 33.8. The summed E-state index contributed by atoms with van der Waals surface area (Å²) in [7, 11) is 0. The van der Waals surface area contributed by atoms with Crippen LogP contribution in [0.3, 0.4) is 0 Å². The Hall–Kier alpha value is -1.96. The molecule has 0 heterocycles. The number of rotatable bonds is 16. The predicted molar refractivity (Wildman–Crippen MR) is 170 cm³/mol. The van der Waals surface area contributed by atoms with Gasteiger partial charge >= 0.3 is 0 Å². The Bertz CT molecular complexity index is 985. The minimum absolute atomic E-state index is 0.0729. The monoisotopic (exact) mass is 598 g/mol. The van der Waals surface area contributed by atoms with E-state index in [1.807, 2.05) is 49.1 Å². The van der Waals surface area contributed by atoms with Crippen molar-refractivity contribution in [3.05, 3.63) is 35.9 Å². The van der Waals surface area contributed by atoms with Crippen LogP contribution in [0.1, 0.15) is 122 Å². The summed E-state index contributed by atoms with van der Waals surface area (Å²) >= 11 is 0. The van der Waals surface area contributed by atoms with Crippen molar-refractivity contribution >= 4 is 11.8 Å². The molecule has 3 N–H and O–H groups in total. The maximum atomic E-state index is 14.0. The molecule has 0 saturated heterocycles. The second-order valence-electron chi connectivity index (χ2n) is 14.5. The van der Waals surface area contributed by atoms with Crippen LogP contribution in [0.5, 0.6) is 0 Å². The third-order valence-electron chi connectivity index (χ3n) is 10.1. The molecule has 0 aliphatic heterocycles. The fourth-order valence-electron chi connectivity index (χ4n) is 7.37. The molecule has 4 rings (SSSR count). The lowest BCUT2D eigenvalue weighted by Crippen LogP contribution is -2.53. The Labute approximate surface area is 260 Å². The van der Waals surface area contributed by atoms with Crippen molar-refractivity contribution in [3.8, 4) is 0 Å². The normalized spacial score (nSPS) is 21.3. The number of hydrogen-bond donors (Lipinski definition) is 3. The van der Waals surface area contributed by atoms with E-state index in [1.54, 1.807) is 4.90 Å². The quantitative estimate of drug-likeness (QED) is 0.222. The smallest absolute Gasteiger partial charge is 0.223 e. The maximum absolute atomic E-state index is 14.0. The molecule has 7 nitrogen and oxygen atoms in total. The van der Waals surface area contributed by atoms with E-state index >= 15 is 0 Å². The van der Waals surface area contributed by atoms with Crippen molar-refractivity contribution in [1.29, 1.82) is 0 Å². The Kier molecular flexibility index (Phi) is 12.9. The molecule has 0 bridgehead atoms. The lowest BCUT2D eigenvalue weighted by atomic mass is 9.81. The van der Waals surface area contributed by atoms with E-state index < -0.39 is 23.9 Å². The van der Waals surface area contributed by atoms with Crippen LogP contribution in [-0.2, 0) is 16.1 Å². The van der Waals surface area contributed by atoms with Gasteiger partial charge in [0.2, 0.25) is 11.8 Å². The number of amides is 2. The zero-order valence-corrected chi connectivity index (χ0v) is 26.8. The van der Waals surface area contributed by atoms with Gasteiger partial charge in [-0.15, -0.1) is 0 Å². The molecule has 3 atom stereocenters. The lowest BCUT2D eigenvalue weighted by molar-refractivity contribution is -0.144. The maximum Gasteiger partial charge on any atom is 0.223 e. The lowest BCUT2D eigenvalue weighted by Gasteiger charge is -2.40. The summed E-state index contributed by atoms with van der Waals surface area (Å²) in [6.45, 7) is 5.35.